The van der Waals surface area contributed by atoms with Gasteiger partial charge in [-0.1, -0.05) is 30.7 Å². The smallest absolute Gasteiger partial charge is 0.242 e. The molecule has 4 rings (SSSR count). The Hall–Kier alpha value is -2.29. The fraction of sp³-hybridized carbons (Fsp3) is 0.462. The van der Waals surface area contributed by atoms with Crippen LogP contribution in [0.25, 0.3) is 6.08 Å². The lowest BCUT2D eigenvalue weighted by Gasteiger charge is -2.34. The van der Waals surface area contributed by atoms with Crippen molar-refractivity contribution in [1.29, 1.82) is 0 Å². The molecule has 0 unspecified atom stereocenters. The van der Waals surface area contributed by atoms with Gasteiger partial charge in [0.25, 0.3) is 0 Å². The first-order valence-electron chi connectivity index (χ1n) is 13.1. The minimum absolute atomic E-state index is 0.0712. The van der Waals surface area contributed by atoms with E-state index in [0.29, 0.717) is 41.6 Å². The van der Waals surface area contributed by atoms with Crippen LogP contribution in [0.5, 0.6) is 0 Å². The number of amides is 2. The molecule has 2 saturated heterocycles. The number of carbonyl (C=O) groups excluding carboxylic acids is 2. The molecule has 1 aromatic carbocycles. The van der Waals surface area contributed by atoms with E-state index in [9.17, 15) is 26.4 Å². The van der Waals surface area contributed by atoms with E-state index >= 15 is 0 Å². The highest BCUT2D eigenvalue weighted by atomic mass is 35.5. The summed E-state index contributed by atoms with van der Waals surface area (Å²) >= 11 is 7.11. The normalized spacial score (nSPS) is 20.5. The van der Waals surface area contributed by atoms with Gasteiger partial charge in [0.2, 0.25) is 31.9 Å². The summed E-state index contributed by atoms with van der Waals surface area (Å²) in [7, 11) is -7.64. The molecule has 0 bridgehead atoms. The summed E-state index contributed by atoms with van der Waals surface area (Å²) in [5, 5.41) is 1.00. The highest BCUT2D eigenvalue weighted by molar-refractivity contribution is 7.92. The Morgan fingerprint density at radius 3 is 2.48 bits per heavy atom. The van der Waals surface area contributed by atoms with Crippen molar-refractivity contribution in [3.8, 4) is 0 Å². The molecule has 3 heterocycles. The van der Waals surface area contributed by atoms with Crippen LogP contribution in [0.1, 0.15) is 43.0 Å². The molecule has 0 radical (unpaired) electrons. The second-order valence-electron chi connectivity index (χ2n) is 9.79. The molecule has 2 aliphatic heterocycles. The van der Waals surface area contributed by atoms with Crippen LogP contribution in [0, 0.1) is 0 Å². The van der Waals surface area contributed by atoms with Crippen molar-refractivity contribution in [2.75, 3.05) is 26.2 Å². The van der Waals surface area contributed by atoms with Gasteiger partial charge in [-0.25, -0.2) is 21.6 Å². The van der Waals surface area contributed by atoms with E-state index in [-0.39, 0.29) is 29.9 Å². The first kappa shape index (κ1) is 30.7. The highest BCUT2D eigenvalue weighted by Crippen LogP contribution is 2.23. The highest BCUT2D eigenvalue weighted by Gasteiger charge is 2.35. The fourth-order valence-corrected chi connectivity index (χ4v) is 7.98. The molecule has 0 aliphatic carbocycles. The van der Waals surface area contributed by atoms with Gasteiger partial charge >= 0.3 is 0 Å². The maximum Gasteiger partial charge on any atom is 0.242 e. The summed E-state index contributed by atoms with van der Waals surface area (Å²) in [6.45, 7) is 2.67. The summed E-state index contributed by atoms with van der Waals surface area (Å²) in [6, 6.07) is 8.75. The molecule has 0 spiro atoms. The third kappa shape index (κ3) is 7.92. The molecule has 2 atom stereocenters. The molecule has 2 aromatic rings. The molecule has 218 valence electrons. The van der Waals surface area contributed by atoms with Gasteiger partial charge in [-0.3, -0.25) is 9.59 Å². The van der Waals surface area contributed by atoms with Crippen LogP contribution in [-0.4, -0.2) is 76.7 Å². The van der Waals surface area contributed by atoms with Crippen molar-refractivity contribution in [1.82, 2.24) is 19.2 Å². The van der Waals surface area contributed by atoms with Crippen LogP contribution < -0.4 is 9.44 Å². The number of halogens is 1. The molecular formula is C26H33ClN4O6S3. The van der Waals surface area contributed by atoms with E-state index in [1.807, 2.05) is 6.92 Å². The summed E-state index contributed by atoms with van der Waals surface area (Å²) in [5.41, 5.74) is 1.04. The molecule has 2 aliphatic rings. The number of carbonyl (C=O) groups is 2. The molecule has 2 amide bonds. The van der Waals surface area contributed by atoms with Gasteiger partial charge in [0.05, 0.1) is 15.8 Å². The van der Waals surface area contributed by atoms with Gasteiger partial charge in [-0.15, -0.1) is 11.3 Å². The Labute approximate surface area is 244 Å². The number of rotatable bonds is 11. The zero-order valence-electron chi connectivity index (χ0n) is 22.1. The van der Waals surface area contributed by atoms with Crippen LogP contribution in [0.15, 0.2) is 46.7 Å². The van der Waals surface area contributed by atoms with Crippen molar-refractivity contribution in [3.63, 3.8) is 0 Å². The lowest BCUT2D eigenvalue weighted by atomic mass is 10.1. The maximum atomic E-state index is 13.2. The Bertz CT molecular complexity index is 1460. The van der Waals surface area contributed by atoms with Crippen LogP contribution >= 0.6 is 22.9 Å². The van der Waals surface area contributed by atoms with Crippen LogP contribution in [0.3, 0.4) is 0 Å². The maximum absolute atomic E-state index is 13.2. The number of nitrogens with zero attached hydrogens (tertiary/aromatic N) is 2. The number of benzene rings is 1. The predicted octanol–water partition coefficient (Wildman–Crippen LogP) is 2.81. The van der Waals surface area contributed by atoms with Crippen molar-refractivity contribution in [3.05, 3.63) is 56.6 Å². The van der Waals surface area contributed by atoms with Crippen LogP contribution in [-0.2, 0) is 36.1 Å². The van der Waals surface area contributed by atoms with Crippen molar-refractivity contribution in [2.24, 2.45) is 0 Å². The minimum Gasteiger partial charge on any atom is -0.337 e. The van der Waals surface area contributed by atoms with Crippen LogP contribution in [0.4, 0.5) is 0 Å². The monoisotopic (exact) mass is 628 g/mol. The number of thiophene rings is 1. The van der Waals surface area contributed by atoms with Gasteiger partial charge in [0, 0.05) is 36.0 Å². The second-order valence-corrected chi connectivity index (χ2v) is 14.9. The van der Waals surface area contributed by atoms with Crippen molar-refractivity contribution >= 4 is 60.9 Å². The number of hydrogen-bond acceptors (Lipinski definition) is 7. The Kier molecular flexibility index (Phi) is 10.1. The van der Waals surface area contributed by atoms with Gasteiger partial charge in [-0.2, -0.15) is 4.72 Å². The molecule has 1 aromatic heterocycles. The predicted molar refractivity (Wildman–Crippen MR) is 156 cm³/mol. The van der Waals surface area contributed by atoms with E-state index in [1.165, 1.54) is 22.3 Å². The quantitative estimate of drug-likeness (QED) is 0.393. The summed E-state index contributed by atoms with van der Waals surface area (Å²) in [6.07, 6.45) is 4.45. The number of sulfonamides is 2. The fourth-order valence-electron chi connectivity index (χ4n) is 4.84. The van der Waals surface area contributed by atoms with E-state index in [4.69, 9.17) is 11.6 Å². The average Bonchev–Trinajstić information content (AvgIpc) is 3.57. The van der Waals surface area contributed by atoms with E-state index in [1.54, 1.807) is 41.3 Å². The number of likely N-dealkylation sites (tertiary alicyclic amines) is 2. The number of hydrogen-bond donors (Lipinski definition) is 2. The first-order chi connectivity index (χ1) is 19.0. The molecular weight excluding hydrogens is 596 g/mol. The second kappa shape index (κ2) is 13.1. The summed E-state index contributed by atoms with van der Waals surface area (Å²) in [4.78, 5) is 30.1. The third-order valence-corrected chi connectivity index (χ3v) is 10.8. The van der Waals surface area contributed by atoms with Crippen LogP contribution in [0.2, 0.25) is 4.34 Å². The lowest BCUT2D eigenvalue weighted by molar-refractivity contribution is -0.143. The molecule has 0 saturated carbocycles. The van der Waals surface area contributed by atoms with Gasteiger partial charge < -0.3 is 9.80 Å². The number of aryl methyl sites for hydroxylation is 1. The topological polar surface area (TPSA) is 133 Å². The standard InChI is InChI=1S/C26H33ClN4O6S3/c1-2-19-7-10-22(11-8-19)40(36,37)28-17-20-5-3-15-31(20)25(32)18-30-14-4-6-23(26(30)33)29-39(34,35)16-13-21-9-12-24(27)38-21/h7-13,16,20,23,28-29H,2-6,14-15,17-18H2,1H3/t20-,23-/m0/s1. The molecule has 2 N–H and O–H groups in total. The Morgan fingerprint density at radius 1 is 1.07 bits per heavy atom. The third-order valence-electron chi connectivity index (χ3n) is 7.02. The SMILES string of the molecule is CCc1ccc(S(=O)(=O)NC[C@@H]2CCCN2C(=O)CN2CCC[C@H](NS(=O)(=O)C=Cc3ccc(Cl)s3)C2=O)cc1. The summed E-state index contributed by atoms with van der Waals surface area (Å²) < 4.78 is 56.2. The van der Waals surface area contributed by atoms with Gasteiger partial charge in [0.1, 0.15) is 6.04 Å². The van der Waals surface area contributed by atoms with E-state index in [2.05, 4.69) is 9.44 Å². The minimum atomic E-state index is -3.90. The Morgan fingerprint density at radius 2 is 1.80 bits per heavy atom. The molecule has 10 nitrogen and oxygen atoms in total. The van der Waals surface area contributed by atoms with E-state index in [0.717, 1.165) is 23.8 Å². The lowest BCUT2D eigenvalue weighted by Crippen LogP contribution is -2.55. The van der Waals surface area contributed by atoms with E-state index < -0.39 is 32.0 Å². The zero-order valence-corrected chi connectivity index (χ0v) is 25.3. The molecule has 14 heteroatoms. The average molecular weight is 629 g/mol. The number of piperidine rings is 1. The number of nitrogens with one attached hydrogen (secondary N) is 2. The molecule has 2 fully saturated rings. The zero-order chi connectivity index (χ0) is 28.9. The first-order valence-corrected chi connectivity index (χ1v) is 17.3. The van der Waals surface area contributed by atoms with Crippen molar-refractivity contribution in [2.45, 2.75) is 56.0 Å². The van der Waals surface area contributed by atoms with Gasteiger partial charge in [0.15, 0.2) is 0 Å². The molecule has 40 heavy (non-hydrogen) atoms. The Balaban J connectivity index is 1.32. The van der Waals surface area contributed by atoms with Gasteiger partial charge in [-0.05, 0) is 68.0 Å². The largest absolute Gasteiger partial charge is 0.337 e. The summed E-state index contributed by atoms with van der Waals surface area (Å²) in [5.74, 6) is -0.747. The van der Waals surface area contributed by atoms with Crippen molar-refractivity contribution < 1.29 is 26.4 Å².